The van der Waals surface area contributed by atoms with Crippen LogP contribution in [0, 0.1) is 28.7 Å². The summed E-state index contributed by atoms with van der Waals surface area (Å²) in [5.41, 5.74) is 3.17. The molecule has 1 heterocycles. The third-order valence-electron chi connectivity index (χ3n) is 10.6. The molecular weight excluding hydrogens is 671 g/mol. The Labute approximate surface area is 253 Å². The second kappa shape index (κ2) is 12.8. The van der Waals surface area contributed by atoms with E-state index in [1.165, 1.54) is 22.6 Å². The van der Waals surface area contributed by atoms with E-state index in [9.17, 15) is 10.2 Å². The summed E-state index contributed by atoms with van der Waals surface area (Å²) in [6.45, 7) is 8.79. The Hall–Kier alpha value is -2.10. The van der Waals surface area contributed by atoms with Crippen LogP contribution in [-0.4, -0.2) is 27.4 Å². The largest absolute Gasteiger partial charge is 0.392 e. The Bertz CT molecular complexity index is 1390. The van der Waals surface area contributed by atoms with Crippen LogP contribution in [0.4, 0.5) is 0 Å². The molecule has 2 aliphatic carbocycles. The monoisotopic (exact) mass is 715 g/mol. The summed E-state index contributed by atoms with van der Waals surface area (Å²) in [5.74, 6) is 0.657. The molecule has 2 saturated carbocycles. The third-order valence-corrected chi connectivity index (χ3v) is 10.6. The van der Waals surface area contributed by atoms with Gasteiger partial charge in [0.15, 0.2) is 0 Å². The van der Waals surface area contributed by atoms with Gasteiger partial charge in [-0.05, 0) is 78.2 Å². The van der Waals surface area contributed by atoms with E-state index in [1.54, 1.807) is 0 Å². The molecular formula is C36H44IrNO2-. The van der Waals surface area contributed by atoms with E-state index in [0.29, 0.717) is 5.92 Å². The number of hydrogen-bond acceptors (Lipinski definition) is 3. The molecule has 1 radical (unpaired) electrons. The van der Waals surface area contributed by atoms with Gasteiger partial charge in [0.2, 0.25) is 0 Å². The van der Waals surface area contributed by atoms with Gasteiger partial charge in [-0.1, -0.05) is 76.2 Å². The van der Waals surface area contributed by atoms with Crippen molar-refractivity contribution in [1.29, 1.82) is 0 Å². The summed E-state index contributed by atoms with van der Waals surface area (Å²) >= 11 is 0. The third kappa shape index (κ3) is 5.41. The van der Waals surface area contributed by atoms with Gasteiger partial charge in [0.05, 0.1) is 17.7 Å². The maximum Gasteiger partial charge on any atom is 0.0673 e. The van der Waals surface area contributed by atoms with Crippen molar-refractivity contribution in [2.24, 2.45) is 22.7 Å². The number of nitrogens with zero attached hydrogens (tertiary/aromatic N) is 1. The van der Waals surface area contributed by atoms with Gasteiger partial charge in [0.1, 0.15) is 0 Å². The van der Waals surface area contributed by atoms with Gasteiger partial charge < -0.3 is 10.2 Å². The Morgan fingerprint density at radius 3 is 2.08 bits per heavy atom. The molecule has 1 aromatic heterocycles. The average molecular weight is 715 g/mol. The molecule has 0 spiro atoms. The Morgan fingerprint density at radius 2 is 1.40 bits per heavy atom. The smallest absolute Gasteiger partial charge is 0.0673 e. The van der Waals surface area contributed by atoms with Gasteiger partial charge in [-0.3, -0.25) is 4.98 Å². The fourth-order valence-electron chi connectivity index (χ4n) is 7.74. The number of aromatic nitrogens is 1. The van der Waals surface area contributed by atoms with Gasteiger partial charge in [-0.15, -0.1) is 35.9 Å². The van der Waals surface area contributed by atoms with Crippen LogP contribution in [0.2, 0.25) is 0 Å². The van der Waals surface area contributed by atoms with Gasteiger partial charge in [-0.2, -0.15) is 0 Å². The molecule has 3 aromatic carbocycles. The van der Waals surface area contributed by atoms with Gasteiger partial charge in [0.25, 0.3) is 0 Å². The van der Waals surface area contributed by atoms with Crippen molar-refractivity contribution in [3.8, 4) is 11.3 Å². The second-order valence-corrected chi connectivity index (χ2v) is 11.9. The minimum atomic E-state index is -0.309. The van der Waals surface area contributed by atoms with Crippen LogP contribution < -0.4 is 0 Å². The molecule has 6 rings (SSSR count). The standard InChI is InChI=1S/C19H12N.C17H32O2.Ir/c1-2-7-15(8-3-1)18-13-12-16-11-10-14-6-4-5-9-17(14)19(16)20-18;1-5-16(6-2)10-9-12-11-17(7-3,8-4)15(19)13(12)14(16)18;/h1-7,9-13H;12-15,18-19H,5-11H2,1-4H3;/q-1;;. The molecule has 2 fully saturated rings. The van der Waals surface area contributed by atoms with E-state index >= 15 is 0 Å². The molecule has 4 unspecified atom stereocenters. The predicted molar refractivity (Wildman–Crippen MR) is 162 cm³/mol. The van der Waals surface area contributed by atoms with Crippen LogP contribution in [0.1, 0.15) is 72.6 Å². The molecule has 4 atom stereocenters. The topological polar surface area (TPSA) is 53.4 Å². The molecule has 2 aliphatic rings. The number of pyridine rings is 1. The van der Waals surface area contributed by atoms with Crippen LogP contribution in [0.15, 0.2) is 72.8 Å². The van der Waals surface area contributed by atoms with Crippen molar-refractivity contribution in [2.75, 3.05) is 0 Å². The summed E-state index contributed by atoms with van der Waals surface area (Å²) in [5, 5.41) is 25.4. The van der Waals surface area contributed by atoms with E-state index in [4.69, 9.17) is 4.98 Å². The molecule has 0 bridgehead atoms. The summed E-state index contributed by atoms with van der Waals surface area (Å²) in [6.07, 6.45) is 6.98. The first-order valence-corrected chi connectivity index (χ1v) is 15.0. The van der Waals surface area contributed by atoms with E-state index in [1.807, 2.05) is 24.3 Å². The first kappa shape index (κ1) is 30.8. The van der Waals surface area contributed by atoms with E-state index in [-0.39, 0.29) is 49.1 Å². The van der Waals surface area contributed by atoms with Crippen molar-refractivity contribution < 1.29 is 30.3 Å². The Kier molecular flexibility index (Phi) is 9.89. The fraction of sp³-hybridized carbons (Fsp3) is 0.472. The maximum absolute atomic E-state index is 10.9. The van der Waals surface area contributed by atoms with Crippen molar-refractivity contribution >= 4 is 21.7 Å². The zero-order valence-corrected chi connectivity index (χ0v) is 26.8. The Morgan fingerprint density at radius 1 is 0.775 bits per heavy atom. The van der Waals surface area contributed by atoms with E-state index in [2.05, 4.69) is 82.3 Å². The first-order valence-electron chi connectivity index (χ1n) is 15.0. The quantitative estimate of drug-likeness (QED) is 0.161. The van der Waals surface area contributed by atoms with Crippen LogP contribution in [0.5, 0.6) is 0 Å². The average Bonchev–Trinajstić information content (AvgIpc) is 3.30. The molecule has 0 aliphatic heterocycles. The molecule has 4 heteroatoms. The summed E-state index contributed by atoms with van der Waals surface area (Å²) < 4.78 is 0. The minimum absolute atomic E-state index is 0. The van der Waals surface area contributed by atoms with Gasteiger partial charge in [-0.25, -0.2) is 0 Å². The summed E-state index contributed by atoms with van der Waals surface area (Å²) in [4.78, 5) is 4.84. The number of aliphatic hydroxyl groups excluding tert-OH is 2. The maximum atomic E-state index is 10.9. The number of aliphatic hydroxyl groups is 2. The zero-order chi connectivity index (χ0) is 27.6. The zero-order valence-electron chi connectivity index (χ0n) is 24.4. The van der Waals surface area contributed by atoms with Gasteiger partial charge in [0, 0.05) is 31.4 Å². The minimum Gasteiger partial charge on any atom is -0.392 e. The SMILES string of the molecule is CCC1(CC)CCC2CC(CC)(CC)C(O)C2C1O.[Ir].[c-]1ccccc1-c1ccc2ccc3ccccc3c2n1. The molecule has 3 nitrogen and oxygen atoms in total. The summed E-state index contributed by atoms with van der Waals surface area (Å²) in [7, 11) is 0. The number of hydrogen-bond donors (Lipinski definition) is 2. The Balaban J connectivity index is 0.000000181. The number of rotatable bonds is 5. The predicted octanol–water partition coefficient (Wildman–Crippen LogP) is 8.60. The van der Waals surface area contributed by atoms with Crippen molar-refractivity contribution in [3.05, 3.63) is 78.9 Å². The normalized spacial score (nSPS) is 24.6. The second-order valence-electron chi connectivity index (χ2n) is 11.9. The van der Waals surface area contributed by atoms with Crippen molar-refractivity contribution in [3.63, 3.8) is 0 Å². The van der Waals surface area contributed by atoms with E-state index in [0.717, 1.165) is 55.3 Å². The van der Waals surface area contributed by atoms with Crippen molar-refractivity contribution in [2.45, 2.75) is 84.8 Å². The molecule has 0 saturated heterocycles. The number of benzene rings is 3. The van der Waals surface area contributed by atoms with Crippen LogP contribution >= 0.6 is 0 Å². The van der Waals surface area contributed by atoms with Crippen LogP contribution in [-0.2, 0) is 20.1 Å². The molecule has 40 heavy (non-hydrogen) atoms. The van der Waals surface area contributed by atoms with Crippen LogP contribution in [0.25, 0.3) is 32.9 Å². The number of fused-ring (bicyclic) bond motifs is 4. The fourth-order valence-corrected chi connectivity index (χ4v) is 7.74. The van der Waals surface area contributed by atoms with Gasteiger partial charge >= 0.3 is 0 Å². The van der Waals surface area contributed by atoms with E-state index < -0.39 is 0 Å². The van der Waals surface area contributed by atoms with Crippen LogP contribution in [0.3, 0.4) is 0 Å². The molecule has 0 amide bonds. The molecule has 4 aromatic rings. The first-order chi connectivity index (χ1) is 18.9. The molecule has 215 valence electrons. The molecule has 2 N–H and O–H groups in total. The van der Waals surface area contributed by atoms with Crippen molar-refractivity contribution in [1.82, 2.24) is 4.98 Å². The summed E-state index contributed by atoms with van der Waals surface area (Å²) in [6, 6.07) is 28.0.